The van der Waals surface area contributed by atoms with Crippen LogP contribution in [0.5, 0.6) is 0 Å². The Morgan fingerprint density at radius 3 is 2.47 bits per heavy atom. The van der Waals surface area contributed by atoms with Gasteiger partial charge in [0.05, 0.1) is 11.2 Å². The van der Waals surface area contributed by atoms with Gasteiger partial charge in [0.15, 0.2) is 0 Å². The molecule has 0 bridgehead atoms. The molecule has 0 aromatic carbocycles. The lowest BCUT2D eigenvalue weighted by Gasteiger charge is -2.35. The zero-order valence-electron chi connectivity index (χ0n) is 12.0. The average molecular weight is 240 g/mol. The van der Waals surface area contributed by atoms with E-state index in [4.69, 9.17) is 0 Å². The summed E-state index contributed by atoms with van der Waals surface area (Å²) in [5.41, 5.74) is 0.0316. The van der Waals surface area contributed by atoms with Gasteiger partial charge in [0.25, 0.3) is 0 Å². The molecule has 17 heavy (non-hydrogen) atoms. The highest BCUT2D eigenvalue weighted by molar-refractivity contribution is 5.01. The summed E-state index contributed by atoms with van der Waals surface area (Å²) in [7, 11) is 0. The van der Waals surface area contributed by atoms with E-state index in [0.717, 1.165) is 25.7 Å². The van der Waals surface area contributed by atoms with Crippen molar-refractivity contribution in [2.24, 2.45) is 11.8 Å². The Labute approximate surface area is 106 Å². The van der Waals surface area contributed by atoms with Gasteiger partial charge in [0.1, 0.15) is 0 Å². The first kappa shape index (κ1) is 14.7. The van der Waals surface area contributed by atoms with E-state index >= 15 is 0 Å². The standard InChI is InChI=1S/C15H28O2/c1-11(2)7-6-9-15(5,17)13-8-10-14(4,16)12(13)3/h7,12-13,16-17H,6,8-10H2,1-5H3/t12-,13+,14+,15-/m1/s1. The van der Waals surface area contributed by atoms with Crippen LogP contribution in [0.15, 0.2) is 11.6 Å². The van der Waals surface area contributed by atoms with Gasteiger partial charge in [-0.2, -0.15) is 0 Å². The van der Waals surface area contributed by atoms with Crippen molar-refractivity contribution in [3.05, 3.63) is 11.6 Å². The molecule has 2 nitrogen and oxygen atoms in total. The second kappa shape index (κ2) is 5.11. The fourth-order valence-corrected chi connectivity index (χ4v) is 3.05. The minimum atomic E-state index is -0.661. The molecule has 0 aliphatic heterocycles. The molecule has 2 heteroatoms. The zero-order chi connectivity index (χ0) is 13.3. The van der Waals surface area contributed by atoms with Crippen molar-refractivity contribution in [2.75, 3.05) is 0 Å². The summed E-state index contributed by atoms with van der Waals surface area (Å²) in [6.45, 7) is 10.0. The minimum Gasteiger partial charge on any atom is -0.390 e. The molecular weight excluding hydrogens is 212 g/mol. The molecule has 0 radical (unpaired) electrons. The molecule has 4 atom stereocenters. The molecule has 1 fully saturated rings. The molecule has 1 aliphatic rings. The number of hydrogen-bond donors (Lipinski definition) is 2. The van der Waals surface area contributed by atoms with Gasteiger partial charge in [0.2, 0.25) is 0 Å². The van der Waals surface area contributed by atoms with Gasteiger partial charge in [-0.25, -0.2) is 0 Å². The number of rotatable bonds is 4. The van der Waals surface area contributed by atoms with Crippen molar-refractivity contribution in [1.82, 2.24) is 0 Å². The van der Waals surface area contributed by atoms with E-state index in [9.17, 15) is 10.2 Å². The van der Waals surface area contributed by atoms with Crippen LogP contribution in [-0.2, 0) is 0 Å². The van der Waals surface area contributed by atoms with E-state index in [0.29, 0.717) is 0 Å². The van der Waals surface area contributed by atoms with Gasteiger partial charge in [0, 0.05) is 0 Å². The van der Waals surface area contributed by atoms with Crippen LogP contribution in [-0.4, -0.2) is 21.4 Å². The Balaban J connectivity index is 2.62. The summed E-state index contributed by atoms with van der Waals surface area (Å²) < 4.78 is 0. The fraction of sp³-hybridized carbons (Fsp3) is 0.867. The summed E-state index contributed by atoms with van der Waals surface area (Å²) >= 11 is 0. The van der Waals surface area contributed by atoms with Crippen molar-refractivity contribution in [1.29, 1.82) is 0 Å². The van der Waals surface area contributed by atoms with E-state index in [1.54, 1.807) is 0 Å². The fourth-order valence-electron chi connectivity index (χ4n) is 3.05. The maximum atomic E-state index is 10.6. The summed E-state index contributed by atoms with van der Waals surface area (Å²) in [6, 6.07) is 0. The molecule has 1 aliphatic carbocycles. The van der Waals surface area contributed by atoms with Crippen LogP contribution in [0, 0.1) is 11.8 Å². The normalized spacial score (nSPS) is 36.6. The zero-order valence-corrected chi connectivity index (χ0v) is 12.0. The minimum absolute atomic E-state index is 0.171. The number of hydrogen-bond acceptors (Lipinski definition) is 2. The van der Waals surface area contributed by atoms with Crippen molar-refractivity contribution in [2.45, 2.75) is 71.5 Å². The Bertz CT molecular complexity index is 285. The maximum absolute atomic E-state index is 10.6. The third-order valence-electron chi connectivity index (χ3n) is 4.55. The lowest BCUT2D eigenvalue weighted by Crippen LogP contribution is -2.40. The third kappa shape index (κ3) is 3.56. The van der Waals surface area contributed by atoms with Crippen LogP contribution >= 0.6 is 0 Å². The topological polar surface area (TPSA) is 40.5 Å². The maximum Gasteiger partial charge on any atom is 0.0654 e. The van der Waals surface area contributed by atoms with Gasteiger partial charge in [-0.1, -0.05) is 18.6 Å². The largest absolute Gasteiger partial charge is 0.390 e. The van der Waals surface area contributed by atoms with Gasteiger partial charge < -0.3 is 10.2 Å². The second-order valence-electron chi connectivity index (χ2n) is 6.47. The smallest absolute Gasteiger partial charge is 0.0654 e. The van der Waals surface area contributed by atoms with Crippen LogP contribution in [0.2, 0.25) is 0 Å². The van der Waals surface area contributed by atoms with Crippen molar-refractivity contribution in [3.63, 3.8) is 0 Å². The molecule has 1 saturated carbocycles. The molecule has 1 rings (SSSR count). The van der Waals surface area contributed by atoms with Crippen LogP contribution in [0.4, 0.5) is 0 Å². The number of aliphatic hydroxyl groups is 2. The summed E-state index contributed by atoms with van der Waals surface area (Å²) in [6.07, 6.45) is 5.60. The van der Waals surface area contributed by atoms with E-state index < -0.39 is 11.2 Å². The lowest BCUT2D eigenvalue weighted by atomic mass is 9.76. The van der Waals surface area contributed by atoms with E-state index in [2.05, 4.69) is 26.8 Å². The monoisotopic (exact) mass is 240 g/mol. The van der Waals surface area contributed by atoms with Crippen LogP contribution in [0.25, 0.3) is 0 Å². The van der Waals surface area contributed by atoms with Gasteiger partial charge in [-0.3, -0.25) is 0 Å². The summed E-state index contributed by atoms with van der Waals surface area (Å²) in [4.78, 5) is 0. The first-order chi connectivity index (χ1) is 7.67. The molecule has 0 aromatic rings. The highest BCUT2D eigenvalue weighted by Gasteiger charge is 2.47. The highest BCUT2D eigenvalue weighted by Crippen LogP contribution is 2.46. The van der Waals surface area contributed by atoms with Crippen LogP contribution in [0.3, 0.4) is 0 Å². The molecule has 0 aromatic heterocycles. The Morgan fingerprint density at radius 1 is 1.47 bits per heavy atom. The highest BCUT2D eigenvalue weighted by atomic mass is 16.3. The Kier molecular flexibility index (Phi) is 4.43. The van der Waals surface area contributed by atoms with E-state index in [-0.39, 0.29) is 11.8 Å². The quantitative estimate of drug-likeness (QED) is 0.740. The molecule has 0 saturated heterocycles. The predicted molar refractivity (Wildman–Crippen MR) is 71.8 cm³/mol. The molecule has 2 N–H and O–H groups in total. The number of allylic oxidation sites excluding steroid dienone is 2. The Hall–Kier alpha value is -0.340. The van der Waals surface area contributed by atoms with E-state index in [1.807, 2.05) is 13.8 Å². The van der Waals surface area contributed by atoms with Gasteiger partial charge >= 0.3 is 0 Å². The first-order valence-electron chi connectivity index (χ1n) is 6.75. The molecule has 0 heterocycles. The first-order valence-corrected chi connectivity index (χ1v) is 6.75. The molecule has 0 unspecified atom stereocenters. The summed E-state index contributed by atoms with van der Waals surface area (Å²) in [5.74, 6) is 0.382. The summed E-state index contributed by atoms with van der Waals surface area (Å²) in [5, 5.41) is 20.8. The van der Waals surface area contributed by atoms with Crippen molar-refractivity contribution >= 4 is 0 Å². The predicted octanol–water partition coefficient (Wildman–Crippen LogP) is 3.28. The van der Waals surface area contributed by atoms with Crippen LogP contribution in [0.1, 0.15) is 60.3 Å². The molecule has 0 amide bonds. The lowest BCUT2D eigenvalue weighted by molar-refractivity contribution is -0.0540. The van der Waals surface area contributed by atoms with Crippen molar-refractivity contribution < 1.29 is 10.2 Å². The second-order valence-corrected chi connectivity index (χ2v) is 6.47. The van der Waals surface area contributed by atoms with Crippen molar-refractivity contribution in [3.8, 4) is 0 Å². The SMILES string of the molecule is CC(C)=CCC[C@@](C)(O)[C@H]1CC[C@](C)(O)[C@@H]1C. The average Bonchev–Trinajstić information content (AvgIpc) is 2.41. The molecule has 100 valence electrons. The Morgan fingerprint density at radius 2 is 2.06 bits per heavy atom. The van der Waals surface area contributed by atoms with E-state index in [1.165, 1.54) is 5.57 Å². The molecular formula is C15H28O2. The van der Waals surface area contributed by atoms with Crippen LogP contribution < -0.4 is 0 Å². The third-order valence-corrected chi connectivity index (χ3v) is 4.55. The molecule has 0 spiro atoms. The van der Waals surface area contributed by atoms with Gasteiger partial charge in [-0.05, 0) is 65.2 Å². The van der Waals surface area contributed by atoms with Gasteiger partial charge in [-0.15, -0.1) is 0 Å².